The fourth-order valence-corrected chi connectivity index (χ4v) is 0.938. The number of anilines is 2. The van der Waals surface area contributed by atoms with E-state index in [2.05, 4.69) is 20.4 Å². The van der Waals surface area contributed by atoms with Crippen LogP contribution in [0.1, 0.15) is 6.92 Å². The lowest BCUT2D eigenvalue weighted by Crippen LogP contribution is -2.38. The molecule has 0 aliphatic carbocycles. The standard InChI is InChI=1S/C6H13N7/c1-4-13(12(2)3)6-10-8-5(7)9-11-6/h4H2,1-3H3,(H2,7,8,9). The van der Waals surface area contributed by atoms with Crippen LogP contribution in [0.5, 0.6) is 0 Å². The fourth-order valence-electron chi connectivity index (χ4n) is 0.938. The van der Waals surface area contributed by atoms with Crippen molar-refractivity contribution < 1.29 is 0 Å². The third-order valence-corrected chi connectivity index (χ3v) is 1.50. The maximum Gasteiger partial charge on any atom is 0.279 e. The molecule has 72 valence electrons. The summed E-state index contributed by atoms with van der Waals surface area (Å²) in [6, 6.07) is 0. The largest absolute Gasteiger partial charge is 0.365 e. The minimum absolute atomic E-state index is 0.0820. The van der Waals surface area contributed by atoms with Gasteiger partial charge in [-0.1, -0.05) is 0 Å². The topological polar surface area (TPSA) is 84.1 Å². The number of aromatic nitrogens is 4. The monoisotopic (exact) mass is 183 g/mol. The summed E-state index contributed by atoms with van der Waals surface area (Å²) in [4.78, 5) is 0. The lowest BCUT2D eigenvalue weighted by Gasteiger charge is -2.26. The summed E-state index contributed by atoms with van der Waals surface area (Å²) < 4.78 is 0. The predicted octanol–water partition coefficient (Wildman–Crippen LogP) is -0.848. The summed E-state index contributed by atoms with van der Waals surface area (Å²) in [5.41, 5.74) is 5.27. The lowest BCUT2D eigenvalue weighted by molar-refractivity contribution is 0.365. The van der Waals surface area contributed by atoms with E-state index in [-0.39, 0.29) is 5.95 Å². The Morgan fingerprint density at radius 2 is 1.69 bits per heavy atom. The molecule has 0 atom stereocenters. The van der Waals surface area contributed by atoms with E-state index < -0.39 is 0 Å². The molecule has 0 aliphatic rings. The van der Waals surface area contributed by atoms with Gasteiger partial charge in [-0.2, -0.15) is 0 Å². The molecule has 1 rings (SSSR count). The van der Waals surface area contributed by atoms with Crippen LogP contribution in [-0.2, 0) is 0 Å². The minimum atomic E-state index is 0.0820. The van der Waals surface area contributed by atoms with Crippen LogP contribution >= 0.6 is 0 Å². The van der Waals surface area contributed by atoms with Gasteiger partial charge in [-0.25, -0.2) is 5.01 Å². The highest BCUT2D eigenvalue weighted by Crippen LogP contribution is 2.03. The van der Waals surface area contributed by atoms with Crippen molar-refractivity contribution >= 4 is 11.9 Å². The van der Waals surface area contributed by atoms with Gasteiger partial charge in [0, 0.05) is 20.6 Å². The molecule has 0 spiro atoms. The highest BCUT2D eigenvalue weighted by molar-refractivity contribution is 5.24. The Morgan fingerprint density at radius 1 is 1.15 bits per heavy atom. The van der Waals surface area contributed by atoms with Crippen molar-refractivity contribution in [3.63, 3.8) is 0 Å². The van der Waals surface area contributed by atoms with E-state index in [1.54, 1.807) is 0 Å². The number of nitrogens with zero attached hydrogens (tertiary/aromatic N) is 6. The smallest absolute Gasteiger partial charge is 0.279 e. The molecule has 1 aromatic rings. The average molecular weight is 183 g/mol. The predicted molar refractivity (Wildman–Crippen MR) is 48.7 cm³/mol. The molecular weight excluding hydrogens is 170 g/mol. The van der Waals surface area contributed by atoms with Crippen LogP contribution in [0, 0.1) is 0 Å². The van der Waals surface area contributed by atoms with Crippen molar-refractivity contribution in [2.75, 3.05) is 31.4 Å². The molecule has 0 fully saturated rings. The summed E-state index contributed by atoms with van der Waals surface area (Å²) in [5.74, 6) is 0.528. The van der Waals surface area contributed by atoms with Crippen LogP contribution in [-0.4, -0.2) is 46.0 Å². The second-order valence-electron chi connectivity index (χ2n) is 2.62. The summed E-state index contributed by atoms with van der Waals surface area (Å²) in [7, 11) is 3.78. The number of hydrazine groups is 1. The van der Waals surface area contributed by atoms with Crippen molar-refractivity contribution in [1.82, 2.24) is 25.4 Å². The second-order valence-corrected chi connectivity index (χ2v) is 2.62. The number of rotatable bonds is 3. The van der Waals surface area contributed by atoms with Crippen LogP contribution in [0.3, 0.4) is 0 Å². The van der Waals surface area contributed by atoms with E-state index in [0.29, 0.717) is 5.95 Å². The van der Waals surface area contributed by atoms with Crippen LogP contribution in [0.15, 0.2) is 0 Å². The van der Waals surface area contributed by atoms with E-state index in [1.165, 1.54) is 0 Å². The van der Waals surface area contributed by atoms with E-state index in [1.807, 2.05) is 31.0 Å². The molecule has 13 heavy (non-hydrogen) atoms. The molecule has 0 radical (unpaired) electrons. The van der Waals surface area contributed by atoms with E-state index in [4.69, 9.17) is 5.73 Å². The van der Waals surface area contributed by atoms with Gasteiger partial charge in [0.25, 0.3) is 11.9 Å². The van der Waals surface area contributed by atoms with Gasteiger partial charge in [0.2, 0.25) is 0 Å². The summed E-state index contributed by atoms with van der Waals surface area (Å²) in [5, 5.41) is 18.5. The first kappa shape index (κ1) is 9.59. The average Bonchev–Trinajstić information content (AvgIpc) is 2.09. The summed E-state index contributed by atoms with van der Waals surface area (Å²) >= 11 is 0. The van der Waals surface area contributed by atoms with E-state index in [0.717, 1.165) is 6.54 Å². The Bertz CT molecular complexity index is 256. The van der Waals surface area contributed by atoms with Gasteiger partial charge in [-0.15, -0.1) is 20.4 Å². The minimum Gasteiger partial charge on any atom is -0.365 e. The second kappa shape index (κ2) is 3.94. The van der Waals surface area contributed by atoms with Crippen LogP contribution in [0.4, 0.5) is 11.9 Å². The normalized spacial score (nSPS) is 10.5. The molecule has 0 bridgehead atoms. The molecule has 0 saturated heterocycles. The quantitative estimate of drug-likeness (QED) is 0.611. The van der Waals surface area contributed by atoms with Gasteiger partial charge in [0.15, 0.2) is 0 Å². The third-order valence-electron chi connectivity index (χ3n) is 1.50. The van der Waals surface area contributed by atoms with Crippen molar-refractivity contribution in [2.24, 2.45) is 0 Å². The van der Waals surface area contributed by atoms with Crippen LogP contribution in [0.2, 0.25) is 0 Å². The Balaban J connectivity index is 2.86. The fraction of sp³-hybridized carbons (Fsp3) is 0.667. The molecule has 1 heterocycles. The van der Waals surface area contributed by atoms with E-state index >= 15 is 0 Å². The zero-order valence-corrected chi connectivity index (χ0v) is 7.97. The third kappa shape index (κ3) is 2.22. The molecule has 1 aromatic heterocycles. The Hall–Kier alpha value is -1.50. The Morgan fingerprint density at radius 3 is 2.08 bits per heavy atom. The first-order chi connectivity index (χ1) is 6.15. The lowest BCUT2D eigenvalue weighted by atomic mass is 10.7. The molecule has 7 nitrogen and oxygen atoms in total. The van der Waals surface area contributed by atoms with Crippen molar-refractivity contribution in [3.05, 3.63) is 0 Å². The van der Waals surface area contributed by atoms with Crippen molar-refractivity contribution in [3.8, 4) is 0 Å². The highest BCUT2D eigenvalue weighted by atomic mass is 15.6. The maximum absolute atomic E-state index is 5.27. The van der Waals surface area contributed by atoms with Gasteiger partial charge in [-0.05, 0) is 6.92 Å². The van der Waals surface area contributed by atoms with Crippen LogP contribution in [0.25, 0.3) is 0 Å². The van der Waals surface area contributed by atoms with Gasteiger partial charge in [0.05, 0.1) is 0 Å². The van der Waals surface area contributed by atoms with Crippen LogP contribution < -0.4 is 10.7 Å². The van der Waals surface area contributed by atoms with Gasteiger partial charge in [-0.3, -0.25) is 5.01 Å². The maximum atomic E-state index is 5.27. The van der Waals surface area contributed by atoms with Gasteiger partial charge in [0.1, 0.15) is 0 Å². The first-order valence-electron chi connectivity index (χ1n) is 3.92. The zero-order valence-electron chi connectivity index (χ0n) is 7.97. The van der Waals surface area contributed by atoms with Crippen molar-refractivity contribution in [1.29, 1.82) is 0 Å². The van der Waals surface area contributed by atoms with Gasteiger partial charge >= 0.3 is 0 Å². The molecule has 2 N–H and O–H groups in total. The van der Waals surface area contributed by atoms with E-state index in [9.17, 15) is 0 Å². The first-order valence-corrected chi connectivity index (χ1v) is 3.92. The van der Waals surface area contributed by atoms with Crippen molar-refractivity contribution in [2.45, 2.75) is 6.92 Å². The number of nitrogens with two attached hydrogens (primary N) is 1. The molecule has 0 unspecified atom stereocenters. The number of nitrogen functional groups attached to an aromatic ring is 1. The molecule has 0 amide bonds. The highest BCUT2D eigenvalue weighted by Gasteiger charge is 2.10. The summed E-state index contributed by atoms with van der Waals surface area (Å²) in [6.07, 6.45) is 0. The number of hydrogen-bond acceptors (Lipinski definition) is 7. The molecule has 0 saturated carbocycles. The molecule has 0 aromatic carbocycles. The molecule has 7 heteroatoms. The summed E-state index contributed by atoms with van der Waals surface area (Å²) in [6.45, 7) is 2.74. The molecule has 0 aliphatic heterocycles. The molecular formula is C6H13N7. The SMILES string of the molecule is CCN(c1nnc(N)nn1)N(C)C. The Kier molecular flexibility index (Phi) is 2.91. The van der Waals surface area contributed by atoms with Gasteiger partial charge < -0.3 is 5.73 Å². The number of hydrogen-bond donors (Lipinski definition) is 1. The zero-order chi connectivity index (χ0) is 9.84. The Labute approximate surface area is 76.5 Å².